The summed E-state index contributed by atoms with van der Waals surface area (Å²) in [4.78, 5) is 0.363. The molecule has 0 radical (unpaired) electrons. The Balaban J connectivity index is 2.32. The first-order valence-corrected chi connectivity index (χ1v) is 6.76. The Hall–Kier alpha value is -0.910. The second-order valence-electron chi connectivity index (χ2n) is 4.23. The van der Waals surface area contributed by atoms with Gasteiger partial charge in [0.2, 0.25) is 10.0 Å². The van der Waals surface area contributed by atoms with Gasteiger partial charge in [-0.15, -0.1) is 0 Å². The normalized spacial score (nSPS) is 22.5. The van der Waals surface area contributed by atoms with Crippen molar-refractivity contribution in [2.45, 2.75) is 24.3 Å². The van der Waals surface area contributed by atoms with Gasteiger partial charge in [-0.3, -0.25) is 0 Å². The molecule has 0 aliphatic carbocycles. The molecule has 1 aliphatic heterocycles. The van der Waals surface area contributed by atoms with Crippen molar-refractivity contribution in [3.63, 3.8) is 0 Å². The third kappa shape index (κ3) is 2.11. The maximum Gasteiger partial charge on any atom is 0.243 e. The lowest BCUT2D eigenvalue weighted by Crippen LogP contribution is -2.31. The molecule has 0 saturated carbocycles. The van der Waals surface area contributed by atoms with Gasteiger partial charge in [-0.2, -0.15) is 4.31 Å². The van der Waals surface area contributed by atoms with Crippen LogP contribution in [0.15, 0.2) is 29.2 Å². The zero-order valence-corrected chi connectivity index (χ0v) is 10.1. The largest absolute Gasteiger partial charge is 0.326 e. The topological polar surface area (TPSA) is 63.4 Å². The van der Waals surface area contributed by atoms with Gasteiger partial charge in [0, 0.05) is 19.1 Å². The Morgan fingerprint density at radius 1 is 1.44 bits per heavy atom. The van der Waals surface area contributed by atoms with Gasteiger partial charge in [-0.1, -0.05) is 12.1 Å². The zero-order chi connectivity index (χ0) is 11.8. The van der Waals surface area contributed by atoms with Gasteiger partial charge in [-0.25, -0.2) is 8.42 Å². The van der Waals surface area contributed by atoms with Crippen molar-refractivity contribution in [2.24, 2.45) is 5.73 Å². The molecule has 16 heavy (non-hydrogen) atoms. The van der Waals surface area contributed by atoms with Gasteiger partial charge in [0.05, 0.1) is 4.90 Å². The summed E-state index contributed by atoms with van der Waals surface area (Å²) in [5, 5.41) is 0. The molecule has 2 N–H and O–H groups in total. The standard InChI is InChI=1S/C11H16N2O2S/c1-9-3-2-4-11(7-9)16(14,15)13-6-5-10(12)8-13/h2-4,7,10H,5-6,8,12H2,1H3. The van der Waals surface area contributed by atoms with Crippen LogP contribution in [0.2, 0.25) is 0 Å². The summed E-state index contributed by atoms with van der Waals surface area (Å²) in [6.45, 7) is 2.84. The highest BCUT2D eigenvalue weighted by atomic mass is 32.2. The van der Waals surface area contributed by atoms with Gasteiger partial charge >= 0.3 is 0 Å². The Labute approximate surface area is 96.1 Å². The van der Waals surface area contributed by atoms with Crippen molar-refractivity contribution in [2.75, 3.05) is 13.1 Å². The SMILES string of the molecule is Cc1cccc(S(=O)(=O)N2CCC(N)C2)c1. The Bertz CT molecular complexity index is 485. The number of nitrogens with two attached hydrogens (primary N) is 1. The molecular weight excluding hydrogens is 224 g/mol. The minimum Gasteiger partial charge on any atom is -0.326 e. The zero-order valence-electron chi connectivity index (χ0n) is 9.26. The number of aryl methyl sites for hydroxylation is 1. The number of hydrogen-bond donors (Lipinski definition) is 1. The molecule has 1 heterocycles. The van der Waals surface area contributed by atoms with Crippen molar-refractivity contribution < 1.29 is 8.42 Å². The molecule has 88 valence electrons. The summed E-state index contributed by atoms with van der Waals surface area (Å²) < 4.78 is 25.9. The van der Waals surface area contributed by atoms with Gasteiger partial charge in [0.25, 0.3) is 0 Å². The number of benzene rings is 1. The molecular formula is C11H16N2O2S. The van der Waals surface area contributed by atoms with Crippen molar-refractivity contribution in [1.29, 1.82) is 0 Å². The van der Waals surface area contributed by atoms with E-state index >= 15 is 0 Å². The van der Waals surface area contributed by atoms with E-state index < -0.39 is 10.0 Å². The van der Waals surface area contributed by atoms with E-state index in [4.69, 9.17) is 5.73 Å². The van der Waals surface area contributed by atoms with Crippen molar-refractivity contribution in [1.82, 2.24) is 4.31 Å². The average Bonchev–Trinajstić information content (AvgIpc) is 2.65. The summed E-state index contributed by atoms with van der Waals surface area (Å²) in [7, 11) is -3.34. The smallest absolute Gasteiger partial charge is 0.243 e. The van der Waals surface area contributed by atoms with Crippen LogP contribution in [-0.2, 0) is 10.0 Å². The van der Waals surface area contributed by atoms with E-state index in [0.717, 1.165) is 12.0 Å². The number of rotatable bonds is 2. The molecule has 1 atom stereocenters. The summed E-state index contributed by atoms with van der Waals surface area (Å²) in [6, 6.07) is 6.94. The molecule has 1 unspecified atom stereocenters. The van der Waals surface area contributed by atoms with E-state index in [1.165, 1.54) is 4.31 Å². The second-order valence-corrected chi connectivity index (χ2v) is 6.17. The summed E-state index contributed by atoms with van der Waals surface area (Å²) in [6.07, 6.45) is 0.741. The van der Waals surface area contributed by atoms with E-state index in [1.807, 2.05) is 13.0 Å². The van der Waals surface area contributed by atoms with Crippen molar-refractivity contribution in [3.05, 3.63) is 29.8 Å². The monoisotopic (exact) mass is 240 g/mol. The molecule has 1 saturated heterocycles. The number of sulfonamides is 1. The molecule has 1 fully saturated rings. The fourth-order valence-corrected chi connectivity index (χ4v) is 3.51. The van der Waals surface area contributed by atoms with Crippen LogP contribution in [0.3, 0.4) is 0 Å². The molecule has 1 aliphatic rings. The second kappa shape index (κ2) is 4.16. The highest BCUT2D eigenvalue weighted by Gasteiger charge is 2.30. The quantitative estimate of drug-likeness (QED) is 0.828. The van der Waals surface area contributed by atoms with Crippen LogP contribution in [0.1, 0.15) is 12.0 Å². The molecule has 2 rings (SSSR count). The maximum atomic E-state index is 12.2. The molecule has 4 nitrogen and oxygen atoms in total. The average molecular weight is 240 g/mol. The predicted molar refractivity (Wildman–Crippen MR) is 62.5 cm³/mol. The third-order valence-corrected chi connectivity index (χ3v) is 4.68. The third-order valence-electron chi connectivity index (χ3n) is 2.81. The minimum absolute atomic E-state index is 0.0282. The fourth-order valence-electron chi connectivity index (χ4n) is 1.90. The lowest BCUT2D eigenvalue weighted by atomic mass is 10.2. The van der Waals surface area contributed by atoms with Crippen LogP contribution in [0, 0.1) is 6.92 Å². The molecule has 1 aromatic rings. The van der Waals surface area contributed by atoms with Crippen LogP contribution in [-0.4, -0.2) is 31.9 Å². The molecule has 5 heteroatoms. The molecule has 1 aromatic carbocycles. The highest BCUT2D eigenvalue weighted by Crippen LogP contribution is 2.20. The van der Waals surface area contributed by atoms with E-state index in [1.54, 1.807) is 18.2 Å². The first-order valence-electron chi connectivity index (χ1n) is 5.32. The molecule has 0 amide bonds. The maximum absolute atomic E-state index is 12.2. The van der Waals surface area contributed by atoms with Crippen LogP contribution in [0.25, 0.3) is 0 Å². The predicted octanol–water partition coefficient (Wildman–Crippen LogP) is 0.717. The minimum atomic E-state index is -3.34. The van der Waals surface area contributed by atoms with Gasteiger partial charge in [-0.05, 0) is 31.0 Å². The van der Waals surface area contributed by atoms with E-state index in [0.29, 0.717) is 18.0 Å². The van der Waals surface area contributed by atoms with E-state index in [9.17, 15) is 8.42 Å². The molecule has 0 aromatic heterocycles. The van der Waals surface area contributed by atoms with Crippen LogP contribution in [0.5, 0.6) is 0 Å². The summed E-state index contributed by atoms with van der Waals surface area (Å²) in [5.41, 5.74) is 6.67. The summed E-state index contributed by atoms with van der Waals surface area (Å²) in [5.74, 6) is 0. The van der Waals surface area contributed by atoms with Crippen molar-refractivity contribution >= 4 is 10.0 Å². The van der Waals surface area contributed by atoms with Crippen LogP contribution < -0.4 is 5.73 Å². The lowest BCUT2D eigenvalue weighted by Gasteiger charge is -2.16. The Morgan fingerprint density at radius 3 is 2.75 bits per heavy atom. The lowest BCUT2D eigenvalue weighted by molar-refractivity contribution is 0.472. The summed E-state index contributed by atoms with van der Waals surface area (Å²) >= 11 is 0. The van der Waals surface area contributed by atoms with Gasteiger partial charge < -0.3 is 5.73 Å². The van der Waals surface area contributed by atoms with Gasteiger partial charge in [0.1, 0.15) is 0 Å². The Kier molecular flexibility index (Phi) is 3.01. The van der Waals surface area contributed by atoms with Crippen LogP contribution >= 0.6 is 0 Å². The molecule has 0 spiro atoms. The van der Waals surface area contributed by atoms with Crippen molar-refractivity contribution in [3.8, 4) is 0 Å². The molecule has 0 bridgehead atoms. The first-order chi connectivity index (χ1) is 7.50. The number of hydrogen-bond acceptors (Lipinski definition) is 3. The fraction of sp³-hybridized carbons (Fsp3) is 0.455. The van der Waals surface area contributed by atoms with E-state index in [2.05, 4.69) is 0 Å². The Morgan fingerprint density at radius 2 is 2.19 bits per heavy atom. The number of nitrogens with zero attached hydrogens (tertiary/aromatic N) is 1. The van der Waals surface area contributed by atoms with Gasteiger partial charge in [0.15, 0.2) is 0 Å². The van der Waals surface area contributed by atoms with Crippen LogP contribution in [0.4, 0.5) is 0 Å². The first kappa shape index (κ1) is 11.6. The highest BCUT2D eigenvalue weighted by molar-refractivity contribution is 7.89. The van der Waals surface area contributed by atoms with E-state index in [-0.39, 0.29) is 6.04 Å².